The van der Waals surface area contributed by atoms with E-state index in [2.05, 4.69) is 20.9 Å². The summed E-state index contributed by atoms with van der Waals surface area (Å²) < 4.78 is 0. The lowest BCUT2D eigenvalue weighted by Crippen LogP contribution is -2.59. The van der Waals surface area contributed by atoms with Gasteiger partial charge in [-0.15, -0.1) is 0 Å². The molecule has 0 aromatic carbocycles. The van der Waals surface area contributed by atoms with Gasteiger partial charge < -0.3 is 48.5 Å². The average molecular weight is 461 g/mol. The van der Waals surface area contributed by atoms with Crippen molar-refractivity contribution in [3.63, 3.8) is 0 Å². The fourth-order valence-electron chi connectivity index (χ4n) is 2.36. The summed E-state index contributed by atoms with van der Waals surface area (Å²) >= 11 is 0. The Kier molecular flexibility index (Phi) is 12.3. The second-order valence-corrected chi connectivity index (χ2v) is 7.01. The Balaban J connectivity index is 5.40. The molecule has 0 spiro atoms. The molecule has 12 N–H and O–H groups in total. The molecular weight excluding hydrogens is 430 g/mol. The van der Waals surface area contributed by atoms with Crippen molar-refractivity contribution in [2.75, 3.05) is 6.54 Å². The molecule has 0 saturated carbocycles. The number of nitrogens with zero attached hydrogens (tertiary/aromatic N) is 1. The van der Waals surface area contributed by atoms with E-state index in [0.29, 0.717) is 0 Å². The number of aliphatic imine (C=N–C) groups is 1. The lowest BCUT2D eigenvalue weighted by Gasteiger charge is -2.26. The molecule has 0 rings (SSSR count). The third-order valence-corrected chi connectivity index (χ3v) is 4.10. The number of carbonyl (C=O) groups is 5. The van der Waals surface area contributed by atoms with Crippen LogP contribution >= 0.6 is 0 Å². The molecule has 0 aliphatic rings. The minimum atomic E-state index is -1.53. The molecule has 182 valence electrons. The minimum Gasteiger partial charge on any atom is -0.481 e. The Hall–Kier alpha value is -3.46. The van der Waals surface area contributed by atoms with E-state index in [0.717, 1.165) is 0 Å². The maximum Gasteiger partial charge on any atom is 0.325 e. The van der Waals surface area contributed by atoms with E-state index in [4.69, 9.17) is 27.4 Å². The first kappa shape index (κ1) is 28.5. The van der Waals surface area contributed by atoms with Gasteiger partial charge in [0.15, 0.2) is 5.96 Å². The Morgan fingerprint density at radius 3 is 2.00 bits per heavy atom. The number of hydrogen-bond donors (Lipinski definition) is 9. The van der Waals surface area contributed by atoms with Crippen LogP contribution in [0.15, 0.2) is 4.99 Å². The van der Waals surface area contributed by atoms with Gasteiger partial charge in [0.2, 0.25) is 17.7 Å². The number of guanidine groups is 1. The van der Waals surface area contributed by atoms with Gasteiger partial charge in [-0.1, -0.05) is 0 Å². The number of aliphatic hydroxyl groups is 1. The first-order valence-electron chi connectivity index (χ1n) is 9.61. The lowest BCUT2D eigenvalue weighted by molar-refractivity contribution is -0.142. The summed E-state index contributed by atoms with van der Waals surface area (Å²) in [6.45, 7) is 2.50. The van der Waals surface area contributed by atoms with Gasteiger partial charge in [-0.3, -0.25) is 29.0 Å². The normalized spacial score (nSPS) is 15.2. The van der Waals surface area contributed by atoms with E-state index in [1.165, 1.54) is 13.8 Å². The highest BCUT2D eigenvalue weighted by atomic mass is 16.4. The Morgan fingerprint density at radius 2 is 1.53 bits per heavy atom. The Labute approximate surface area is 183 Å². The zero-order valence-electron chi connectivity index (χ0n) is 17.8. The van der Waals surface area contributed by atoms with E-state index in [-0.39, 0.29) is 25.3 Å². The molecule has 0 fully saturated rings. The first-order chi connectivity index (χ1) is 14.8. The maximum absolute atomic E-state index is 12.7. The number of amides is 3. The molecule has 0 aromatic rings. The van der Waals surface area contributed by atoms with Gasteiger partial charge in [0, 0.05) is 6.54 Å². The van der Waals surface area contributed by atoms with Gasteiger partial charge in [0.05, 0.1) is 18.6 Å². The van der Waals surface area contributed by atoms with Crippen molar-refractivity contribution >= 4 is 35.6 Å². The van der Waals surface area contributed by atoms with Crippen molar-refractivity contribution in [3.05, 3.63) is 0 Å². The minimum absolute atomic E-state index is 0.0200. The molecular formula is C17H31N7O8. The zero-order chi connectivity index (χ0) is 25.0. The number of nitrogens with one attached hydrogen (secondary N) is 3. The molecule has 0 aliphatic carbocycles. The third kappa shape index (κ3) is 11.1. The van der Waals surface area contributed by atoms with Crippen molar-refractivity contribution < 1.29 is 39.3 Å². The fourth-order valence-corrected chi connectivity index (χ4v) is 2.36. The van der Waals surface area contributed by atoms with Gasteiger partial charge in [-0.05, 0) is 26.7 Å². The highest BCUT2D eigenvalue weighted by molar-refractivity contribution is 5.94. The number of rotatable bonds is 14. The first-order valence-corrected chi connectivity index (χ1v) is 9.61. The maximum atomic E-state index is 12.7. The topological polar surface area (TPSA) is 273 Å². The highest BCUT2D eigenvalue weighted by Crippen LogP contribution is 2.03. The molecule has 32 heavy (non-hydrogen) atoms. The molecule has 0 heterocycles. The Morgan fingerprint density at radius 1 is 0.938 bits per heavy atom. The number of hydrogen-bond acceptors (Lipinski definition) is 8. The van der Waals surface area contributed by atoms with Gasteiger partial charge in [-0.2, -0.15) is 0 Å². The molecule has 3 amide bonds. The van der Waals surface area contributed by atoms with Crippen LogP contribution in [0.5, 0.6) is 0 Å². The molecule has 15 nitrogen and oxygen atoms in total. The number of aliphatic hydroxyl groups excluding tert-OH is 1. The van der Waals surface area contributed by atoms with Crippen molar-refractivity contribution in [1.82, 2.24) is 16.0 Å². The van der Waals surface area contributed by atoms with Crippen molar-refractivity contribution in [1.29, 1.82) is 0 Å². The van der Waals surface area contributed by atoms with Crippen molar-refractivity contribution in [2.24, 2.45) is 22.2 Å². The molecule has 0 aromatic heterocycles. The zero-order valence-corrected chi connectivity index (χ0v) is 17.8. The van der Waals surface area contributed by atoms with Crippen LogP contribution in [0.3, 0.4) is 0 Å². The van der Waals surface area contributed by atoms with E-state index in [1.807, 2.05) is 0 Å². The second kappa shape index (κ2) is 13.8. The third-order valence-electron chi connectivity index (χ3n) is 4.10. The quantitative estimate of drug-likeness (QED) is 0.0679. The molecule has 15 heteroatoms. The predicted molar refractivity (Wildman–Crippen MR) is 111 cm³/mol. The summed E-state index contributed by atoms with van der Waals surface area (Å²) in [7, 11) is 0. The monoisotopic (exact) mass is 461 g/mol. The predicted octanol–water partition coefficient (Wildman–Crippen LogP) is -4.22. The Bertz CT molecular complexity index is 724. The van der Waals surface area contributed by atoms with Crippen LogP contribution in [0.4, 0.5) is 0 Å². The van der Waals surface area contributed by atoms with Crippen molar-refractivity contribution in [3.8, 4) is 0 Å². The molecule has 0 saturated heterocycles. The standard InChI is InChI=1S/C17H31N7O8/c1-7(16(31)32)22-15(30)12(8(2)25)24-14(29)10(4-3-5-21-17(19)20)23-13(28)9(18)6-11(26)27/h7-10,12,25H,3-6,18H2,1-2H3,(H,22,30)(H,23,28)(H,24,29)(H,26,27)(H,31,32)(H4,19,20,21). The number of aliphatic carboxylic acids is 2. The lowest BCUT2D eigenvalue weighted by atomic mass is 10.1. The average Bonchev–Trinajstić information content (AvgIpc) is 2.66. The summed E-state index contributed by atoms with van der Waals surface area (Å²) in [5.74, 6) is -5.61. The SMILES string of the molecule is CC(NC(=O)C(NC(=O)C(CCCN=C(N)N)NC(=O)C(N)CC(=O)O)C(C)O)C(=O)O. The summed E-state index contributed by atoms with van der Waals surface area (Å²) in [5.41, 5.74) is 15.9. The van der Waals surface area contributed by atoms with E-state index < -0.39 is 66.4 Å². The number of carboxylic acid groups (broad SMARTS) is 2. The van der Waals surface area contributed by atoms with Gasteiger partial charge >= 0.3 is 11.9 Å². The van der Waals surface area contributed by atoms with Crippen LogP contribution in [0.25, 0.3) is 0 Å². The van der Waals surface area contributed by atoms with E-state index >= 15 is 0 Å². The molecule has 5 atom stereocenters. The van der Waals surface area contributed by atoms with Gasteiger partial charge in [-0.25, -0.2) is 0 Å². The van der Waals surface area contributed by atoms with Crippen LogP contribution < -0.4 is 33.2 Å². The van der Waals surface area contributed by atoms with Crippen molar-refractivity contribution in [2.45, 2.75) is 63.4 Å². The molecule has 0 aliphatic heterocycles. The number of carboxylic acids is 2. The second-order valence-electron chi connectivity index (χ2n) is 7.01. The molecule has 0 bridgehead atoms. The number of carbonyl (C=O) groups excluding carboxylic acids is 3. The van der Waals surface area contributed by atoms with Crippen LogP contribution in [0.1, 0.15) is 33.1 Å². The molecule has 5 unspecified atom stereocenters. The summed E-state index contributed by atoms with van der Waals surface area (Å²) in [6, 6.07) is -5.53. The van der Waals surface area contributed by atoms with E-state index in [1.54, 1.807) is 0 Å². The fraction of sp³-hybridized carbons (Fsp3) is 0.647. The van der Waals surface area contributed by atoms with Crippen LogP contribution in [0.2, 0.25) is 0 Å². The summed E-state index contributed by atoms with van der Waals surface area (Å²) in [6.07, 6.45) is -1.90. The molecule has 0 radical (unpaired) electrons. The smallest absolute Gasteiger partial charge is 0.325 e. The van der Waals surface area contributed by atoms with Gasteiger partial charge in [0.25, 0.3) is 0 Å². The van der Waals surface area contributed by atoms with Crippen LogP contribution in [0, 0.1) is 0 Å². The number of nitrogens with two attached hydrogens (primary N) is 3. The van der Waals surface area contributed by atoms with Gasteiger partial charge in [0.1, 0.15) is 18.1 Å². The van der Waals surface area contributed by atoms with E-state index in [9.17, 15) is 29.1 Å². The van der Waals surface area contributed by atoms with Crippen LogP contribution in [-0.4, -0.2) is 87.8 Å². The highest BCUT2D eigenvalue weighted by Gasteiger charge is 2.31. The summed E-state index contributed by atoms with van der Waals surface area (Å²) in [5, 5.41) is 34.2. The summed E-state index contributed by atoms with van der Waals surface area (Å²) in [4.78, 5) is 62.6. The van der Waals surface area contributed by atoms with Crippen LogP contribution in [-0.2, 0) is 24.0 Å². The largest absolute Gasteiger partial charge is 0.481 e.